The smallest absolute Gasteiger partial charge is 0.255 e. The van der Waals surface area contributed by atoms with E-state index in [9.17, 15) is 9.18 Å². The molecular weight excluding hydrogens is 333 g/mol. The van der Waals surface area contributed by atoms with Gasteiger partial charge in [0.15, 0.2) is 0 Å². The summed E-state index contributed by atoms with van der Waals surface area (Å²) >= 11 is 6.07. The second-order valence-corrected chi connectivity index (χ2v) is 5.96. The third-order valence-electron chi connectivity index (χ3n) is 3.98. The first-order valence-electron chi connectivity index (χ1n) is 7.80. The Morgan fingerprint density at radius 1 is 1.42 bits per heavy atom. The van der Waals surface area contributed by atoms with E-state index in [0.717, 1.165) is 0 Å². The van der Waals surface area contributed by atoms with Crippen molar-refractivity contribution < 1.29 is 13.9 Å². The average molecular weight is 350 g/mol. The van der Waals surface area contributed by atoms with E-state index in [1.165, 1.54) is 6.33 Å². The Kier molecular flexibility index (Phi) is 4.94. The van der Waals surface area contributed by atoms with Crippen LogP contribution in [0.5, 0.6) is 5.88 Å². The molecule has 5 nitrogen and oxygen atoms in total. The highest BCUT2D eigenvalue weighted by molar-refractivity contribution is 6.33. The van der Waals surface area contributed by atoms with Gasteiger partial charge in [-0.05, 0) is 18.6 Å². The van der Waals surface area contributed by atoms with E-state index in [4.69, 9.17) is 16.3 Å². The second-order valence-electron chi connectivity index (χ2n) is 5.55. The van der Waals surface area contributed by atoms with E-state index in [1.54, 1.807) is 29.2 Å². The van der Waals surface area contributed by atoms with Crippen molar-refractivity contribution in [3.63, 3.8) is 0 Å². The molecule has 2 heterocycles. The summed E-state index contributed by atoms with van der Waals surface area (Å²) in [7, 11) is 0. The van der Waals surface area contributed by atoms with Crippen LogP contribution >= 0.6 is 11.6 Å². The van der Waals surface area contributed by atoms with Gasteiger partial charge in [0, 0.05) is 13.0 Å². The lowest BCUT2D eigenvalue weighted by Gasteiger charge is -2.18. The summed E-state index contributed by atoms with van der Waals surface area (Å²) < 4.78 is 19.8. The Balaban J connectivity index is 1.68. The lowest BCUT2D eigenvalue weighted by Crippen LogP contribution is -2.31. The number of likely N-dealkylation sites (tertiary alicyclic amines) is 1. The molecule has 1 unspecified atom stereocenters. The van der Waals surface area contributed by atoms with Gasteiger partial charge in [-0.25, -0.2) is 4.98 Å². The van der Waals surface area contributed by atoms with Crippen molar-refractivity contribution in [3.8, 4) is 5.88 Å². The molecule has 0 aliphatic carbocycles. The van der Waals surface area contributed by atoms with Crippen molar-refractivity contribution in [2.45, 2.75) is 25.9 Å². The van der Waals surface area contributed by atoms with Crippen LogP contribution in [-0.4, -0.2) is 40.0 Å². The summed E-state index contributed by atoms with van der Waals surface area (Å²) in [6.07, 6.45) is 2.07. The summed E-state index contributed by atoms with van der Waals surface area (Å²) in [6, 6.07) is 6.92. The highest BCUT2D eigenvalue weighted by Gasteiger charge is 2.30. The maximum atomic E-state index is 14.2. The van der Waals surface area contributed by atoms with Crippen LogP contribution in [0.4, 0.5) is 4.39 Å². The molecule has 24 heavy (non-hydrogen) atoms. The van der Waals surface area contributed by atoms with Crippen LogP contribution in [0.2, 0.25) is 5.02 Å². The third kappa shape index (κ3) is 3.33. The van der Waals surface area contributed by atoms with Gasteiger partial charge in [-0.15, -0.1) is 0 Å². The summed E-state index contributed by atoms with van der Waals surface area (Å²) in [5.74, 6) is -0.737. The van der Waals surface area contributed by atoms with Crippen LogP contribution in [0, 0.1) is 5.82 Å². The SMILES string of the molecule is CCc1ncnc(OC2CCN(C(=O)c3ccccc3Cl)C2)c1F. The number of nitrogens with zero attached hydrogens (tertiary/aromatic N) is 3. The fourth-order valence-corrected chi connectivity index (χ4v) is 2.90. The van der Waals surface area contributed by atoms with Crippen molar-refractivity contribution in [2.24, 2.45) is 0 Å². The molecule has 1 amide bonds. The number of aromatic nitrogens is 2. The second kappa shape index (κ2) is 7.13. The van der Waals surface area contributed by atoms with Crippen molar-refractivity contribution in [1.82, 2.24) is 14.9 Å². The van der Waals surface area contributed by atoms with E-state index < -0.39 is 5.82 Å². The average Bonchev–Trinajstić information content (AvgIpc) is 3.05. The lowest BCUT2D eigenvalue weighted by atomic mass is 10.2. The van der Waals surface area contributed by atoms with Crippen molar-refractivity contribution in [2.75, 3.05) is 13.1 Å². The summed E-state index contributed by atoms with van der Waals surface area (Å²) in [6.45, 7) is 2.71. The number of carbonyl (C=O) groups excluding carboxylic acids is 1. The molecule has 0 saturated carbocycles. The number of amides is 1. The number of hydrogen-bond donors (Lipinski definition) is 0. The molecule has 1 aromatic heterocycles. The maximum absolute atomic E-state index is 14.2. The molecule has 3 rings (SSSR count). The van der Waals surface area contributed by atoms with Gasteiger partial charge in [-0.3, -0.25) is 4.79 Å². The third-order valence-corrected chi connectivity index (χ3v) is 4.31. The first kappa shape index (κ1) is 16.6. The van der Waals surface area contributed by atoms with Gasteiger partial charge in [-0.2, -0.15) is 9.37 Å². The molecule has 2 aromatic rings. The fraction of sp³-hybridized carbons (Fsp3) is 0.353. The van der Waals surface area contributed by atoms with Gasteiger partial charge in [0.2, 0.25) is 5.82 Å². The van der Waals surface area contributed by atoms with Crippen LogP contribution in [0.15, 0.2) is 30.6 Å². The van der Waals surface area contributed by atoms with Gasteiger partial charge < -0.3 is 9.64 Å². The number of ether oxygens (including phenoxy) is 1. The van der Waals surface area contributed by atoms with E-state index >= 15 is 0 Å². The molecule has 126 valence electrons. The standard InChI is InChI=1S/C17H17ClFN3O2/c1-2-14-15(19)16(21-10-20-14)24-11-7-8-22(9-11)17(23)12-5-3-4-6-13(12)18/h3-6,10-11H,2,7-9H2,1H3. The van der Waals surface area contributed by atoms with Crippen LogP contribution in [0.1, 0.15) is 29.4 Å². The molecule has 7 heteroatoms. The Morgan fingerprint density at radius 3 is 2.96 bits per heavy atom. The minimum Gasteiger partial charge on any atom is -0.470 e. The number of aryl methyl sites for hydroxylation is 1. The minimum absolute atomic E-state index is 0.0566. The molecule has 0 N–H and O–H groups in total. The first-order chi connectivity index (χ1) is 11.6. The van der Waals surface area contributed by atoms with E-state index in [0.29, 0.717) is 42.2 Å². The lowest BCUT2D eigenvalue weighted by molar-refractivity contribution is 0.0770. The molecule has 1 aromatic carbocycles. The van der Waals surface area contributed by atoms with Crippen molar-refractivity contribution >= 4 is 17.5 Å². The maximum Gasteiger partial charge on any atom is 0.255 e. The predicted octanol–water partition coefficient (Wildman–Crippen LogP) is 3.13. The molecular formula is C17H17ClFN3O2. The Bertz CT molecular complexity index is 756. The van der Waals surface area contributed by atoms with Gasteiger partial charge in [0.1, 0.15) is 12.4 Å². The summed E-state index contributed by atoms with van der Waals surface area (Å²) in [5, 5.41) is 0.418. The van der Waals surface area contributed by atoms with E-state index in [-0.39, 0.29) is 17.9 Å². The predicted molar refractivity (Wildman–Crippen MR) is 87.8 cm³/mol. The number of rotatable bonds is 4. The molecule has 0 bridgehead atoms. The Hall–Kier alpha value is -2.21. The monoisotopic (exact) mass is 349 g/mol. The summed E-state index contributed by atoms with van der Waals surface area (Å²) in [5.41, 5.74) is 0.781. The van der Waals surface area contributed by atoms with E-state index in [2.05, 4.69) is 9.97 Å². The topological polar surface area (TPSA) is 55.3 Å². The van der Waals surface area contributed by atoms with Gasteiger partial charge >= 0.3 is 0 Å². The number of carbonyl (C=O) groups is 1. The zero-order chi connectivity index (χ0) is 17.1. The largest absolute Gasteiger partial charge is 0.470 e. The highest BCUT2D eigenvalue weighted by Crippen LogP contribution is 2.23. The zero-order valence-electron chi connectivity index (χ0n) is 13.2. The van der Waals surface area contributed by atoms with Crippen molar-refractivity contribution in [1.29, 1.82) is 0 Å². The molecule has 1 aliphatic heterocycles. The fourth-order valence-electron chi connectivity index (χ4n) is 2.69. The normalized spacial score (nSPS) is 17.1. The minimum atomic E-state index is -0.532. The van der Waals surface area contributed by atoms with E-state index in [1.807, 2.05) is 6.92 Å². The Labute approximate surface area is 144 Å². The van der Waals surface area contributed by atoms with Crippen LogP contribution in [0.25, 0.3) is 0 Å². The first-order valence-corrected chi connectivity index (χ1v) is 8.17. The number of halogens is 2. The molecule has 1 fully saturated rings. The Morgan fingerprint density at radius 2 is 2.21 bits per heavy atom. The quantitative estimate of drug-likeness (QED) is 0.851. The van der Waals surface area contributed by atoms with Crippen LogP contribution < -0.4 is 4.74 Å². The zero-order valence-corrected chi connectivity index (χ0v) is 14.0. The van der Waals surface area contributed by atoms with Gasteiger partial charge in [0.25, 0.3) is 11.8 Å². The molecule has 0 radical (unpaired) electrons. The van der Waals surface area contributed by atoms with Crippen LogP contribution in [-0.2, 0) is 6.42 Å². The van der Waals surface area contributed by atoms with Crippen LogP contribution in [0.3, 0.4) is 0 Å². The number of benzene rings is 1. The number of hydrogen-bond acceptors (Lipinski definition) is 4. The molecule has 1 aliphatic rings. The molecule has 0 spiro atoms. The summed E-state index contributed by atoms with van der Waals surface area (Å²) in [4.78, 5) is 21.9. The van der Waals surface area contributed by atoms with Crippen molar-refractivity contribution in [3.05, 3.63) is 52.7 Å². The molecule has 1 atom stereocenters. The van der Waals surface area contributed by atoms with Gasteiger partial charge in [0.05, 0.1) is 22.8 Å². The highest BCUT2D eigenvalue weighted by atomic mass is 35.5. The molecule has 1 saturated heterocycles. The van der Waals surface area contributed by atoms with Gasteiger partial charge in [-0.1, -0.05) is 30.7 Å².